The van der Waals surface area contributed by atoms with Crippen molar-refractivity contribution in [3.8, 4) is 11.3 Å². The summed E-state index contributed by atoms with van der Waals surface area (Å²) in [5.74, 6) is -0.313. The van der Waals surface area contributed by atoms with E-state index in [-0.39, 0.29) is 16.6 Å². The maximum absolute atomic E-state index is 13.1. The summed E-state index contributed by atoms with van der Waals surface area (Å²) >= 11 is 0. The van der Waals surface area contributed by atoms with Crippen LogP contribution in [0.2, 0.25) is 0 Å². The van der Waals surface area contributed by atoms with Gasteiger partial charge in [-0.25, -0.2) is 23.5 Å². The van der Waals surface area contributed by atoms with E-state index in [0.29, 0.717) is 22.5 Å². The Bertz CT molecular complexity index is 1190. The third kappa shape index (κ3) is 4.46. The van der Waals surface area contributed by atoms with E-state index in [2.05, 4.69) is 15.3 Å². The first kappa shape index (κ1) is 21.8. The first-order chi connectivity index (χ1) is 13.9. The lowest BCUT2D eigenvalue weighted by atomic mass is 9.93. The average molecular weight is 439 g/mol. The minimum Gasteiger partial charge on any atom is -0.340 e. The number of nitrogens with zero attached hydrogens (tertiary/aromatic N) is 3. The molecule has 7 nitrogen and oxygen atoms in total. The van der Waals surface area contributed by atoms with Crippen molar-refractivity contribution >= 4 is 21.5 Å². The van der Waals surface area contributed by atoms with Crippen molar-refractivity contribution in [3.05, 3.63) is 54.1 Å². The molecule has 0 aliphatic heterocycles. The zero-order valence-corrected chi connectivity index (χ0v) is 17.2. The average Bonchev–Trinajstić information content (AvgIpc) is 3.05. The zero-order chi connectivity index (χ0) is 22.3. The highest BCUT2D eigenvalue weighted by atomic mass is 32.2. The van der Waals surface area contributed by atoms with Crippen molar-refractivity contribution in [1.29, 1.82) is 0 Å². The Balaban J connectivity index is 2.24. The van der Waals surface area contributed by atoms with Crippen LogP contribution in [-0.2, 0) is 23.2 Å². The molecule has 2 aromatic heterocycles. The molecule has 11 heteroatoms. The maximum Gasteiger partial charge on any atom is 0.416 e. The van der Waals surface area contributed by atoms with E-state index in [1.165, 1.54) is 18.5 Å². The van der Waals surface area contributed by atoms with E-state index < -0.39 is 21.8 Å². The lowest BCUT2D eigenvalue weighted by molar-refractivity contribution is -0.137. The summed E-state index contributed by atoms with van der Waals surface area (Å²) in [7, 11) is -2.30. The van der Waals surface area contributed by atoms with Gasteiger partial charge < -0.3 is 9.88 Å². The highest BCUT2D eigenvalue weighted by Crippen LogP contribution is 2.40. The summed E-state index contributed by atoms with van der Waals surface area (Å²) in [6, 6.07) is 4.52. The minimum absolute atomic E-state index is 0.0416. The number of imidazole rings is 1. The number of aryl methyl sites for hydroxylation is 1. The zero-order valence-electron chi connectivity index (χ0n) is 16.4. The molecule has 0 spiro atoms. The fourth-order valence-corrected chi connectivity index (χ4v) is 4.06. The number of nitrogens with one attached hydrogen (secondary N) is 1. The maximum atomic E-state index is 13.1. The quantitative estimate of drug-likeness (QED) is 0.625. The largest absolute Gasteiger partial charge is 0.416 e. The highest BCUT2D eigenvalue weighted by molar-refractivity contribution is 7.89. The Morgan fingerprint density at radius 1 is 1.17 bits per heavy atom. The molecule has 0 amide bonds. The molecule has 0 aliphatic carbocycles. The lowest BCUT2D eigenvalue weighted by Gasteiger charge is -2.20. The van der Waals surface area contributed by atoms with Crippen LogP contribution in [0.3, 0.4) is 0 Å². The van der Waals surface area contributed by atoms with E-state index in [1.54, 1.807) is 31.7 Å². The van der Waals surface area contributed by atoms with Crippen LogP contribution in [0, 0.1) is 0 Å². The fraction of sp³-hybridized carbons (Fsp3) is 0.263. The monoisotopic (exact) mass is 439 g/mol. The van der Waals surface area contributed by atoms with Crippen molar-refractivity contribution in [2.75, 3.05) is 5.32 Å². The van der Waals surface area contributed by atoms with Gasteiger partial charge >= 0.3 is 6.18 Å². The standard InChI is InChI=1S/C19H20F3N5O2S/c1-11(2)17-15(30(23,28)29)5-4-13(18(17)14-9-27(3)10-25-14)26-16-8-12(6-7-24-16)19(20,21)22/h4-11H,1-3H3,(H,24,26)(H2,23,28,29). The molecule has 0 radical (unpaired) electrons. The summed E-state index contributed by atoms with van der Waals surface area (Å²) in [6.07, 6.45) is -0.258. The molecule has 0 saturated carbocycles. The van der Waals surface area contributed by atoms with Gasteiger partial charge in [0.05, 0.1) is 22.5 Å². The fourth-order valence-electron chi connectivity index (χ4n) is 3.16. The summed E-state index contributed by atoms with van der Waals surface area (Å²) in [6.45, 7) is 3.59. The summed E-state index contributed by atoms with van der Waals surface area (Å²) < 4.78 is 65.2. The molecule has 2 heterocycles. The van der Waals surface area contributed by atoms with Crippen LogP contribution in [0.4, 0.5) is 24.7 Å². The van der Waals surface area contributed by atoms with Crippen LogP contribution in [-0.4, -0.2) is 23.0 Å². The molecule has 3 rings (SSSR count). The molecule has 0 aliphatic rings. The molecule has 0 fully saturated rings. The van der Waals surface area contributed by atoms with Gasteiger partial charge in [0.25, 0.3) is 0 Å². The number of aromatic nitrogens is 3. The van der Waals surface area contributed by atoms with Crippen molar-refractivity contribution in [1.82, 2.24) is 14.5 Å². The molecule has 30 heavy (non-hydrogen) atoms. The van der Waals surface area contributed by atoms with Gasteiger partial charge in [0.1, 0.15) is 5.82 Å². The number of benzene rings is 1. The Kier molecular flexibility index (Phi) is 5.61. The molecule has 0 atom stereocenters. The van der Waals surface area contributed by atoms with Gasteiger partial charge in [-0.15, -0.1) is 0 Å². The van der Waals surface area contributed by atoms with Crippen molar-refractivity contribution in [3.63, 3.8) is 0 Å². The third-order valence-electron chi connectivity index (χ3n) is 4.40. The van der Waals surface area contributed by atoms with Crippen LogP contribution >= 0.6 is 0 Å². The van der Waals surface area contributed by atoms with Gasteiger partial charge in [-0.3, -0.25) is 0 Å². The number of alkyl halides is 3. The minimum atomic E-state index is -4.52. The smallest absolute Gasteiger partial charge is 0.340 e. The van der Waals surface area contributed by atoms with Gasteiger partial charge in [0.15, 0.2) is 0 Å². The van der Waals surface area contributed by atoms with Crippen LogP contribution in [0.1, 0.15) is 30.9 Å². The number of anilines is 2. The molecular weight excluding hydrogens is 419 g/mol. The number of primary sulfonamides is 1. The van der Waals surface area contributed by atoms with Crippen LogP contribution in [0.15, 0.2) is 47.9 Å². The first-order valence-corrected chi connectivity index (χ1v) is 10.4. The van der Waals surface area contributed by atoms with Crippen molar-refractivity contribution < 1.29 is 21.6 Å². The number of hydrogen-bond acceptors (Lipinski definition) is 5. The Morgan fingerprint density at radius 3 is 2.40 bits per heavy atom. The molecule has 0 unspecified atom stereocenters. The summed E-state index contributed by atoms with van der Waals surface area (Å²) in [5.41, 5.74) is 0.784. The van der Waals surface area contributed by atoms with E-state index in [1.807, 2.05) is 0 Å². The molecule has 3 N–H and O–H groups in total. The third-order valence-corrected chi connectivity index (χ3v) is 5.37. The van der Waals surface area contributed by atoms with Crippen LogP contribution in [0.25, 0.3) is 11.3 Å². The molecule has 160 valence electrons. The van der Waals surface area contributed by atoms with E-state index in [9.17, 15) is 21.6 Å². The van der Waals surface area contributed by atoms with Crippen LogP contribution < -0.4 is 10.5 Å². The second kappa shape index (κ2) is 7.73. The number of pyridine rings is 1. The highest BCUT2D eigenvalue weighted by Gasteiger charge is 2.31. The topological polar surface area (TPSA) is 103 Å². The Hall–Kier alpha value is -2.92. The second-order valence-corrected chi connectivity index (χ2v) is 8.61. The predicted molar refractivity (Wildman–Crippen MR) is 107 cm³/mol. The summed E-state index contributed by atoms with van der Waals surface area (Å²) in [4.78, 5) is 8.18. The van der Waals surface area contributed by atoms with Gasteiger partial charge in [0.2, 0.25) is 10.0 Å². The molecular formula is C19H20F3N5O2S. The number of halogens is 3. The number of nitrogens with two attached hydrogens (primary N) is 1. The lowest BCUT2D eigenvalue weighted by Crippen LogP contribution is -2.16. The van der Waals surface area contributed by atoms with Gasteiger partial charge in [-0.2, -0.15) is 13.2 Å². The van der Waals surface area contributed by atoms with Crippen molar-refractivity contribution in [2.24, 2.45) is 12.2 Å². The first-order valence-electron chi connectivity index (χ1n) is 8.86. The second-order valence-electron chi connectivity index (χ2n) is 7.08. The number of hydrogen-bond donors (Lipinski definition) is 2. The Morgan fingerprint density at radius 2 is 1.87 bits per heavy atom. The van der Waals surface area contributed by atoms with E-state index in [0.717, 1.165) is 18.3 Å². The van der Waals surface area contributed by atoms with E-state index >= 15 is 0 Å². The van der Waals surface area contributed by atoms with Gasteiger partial charge in [-0.1, -0.05) is 13.8 Å². The molecule has 0 bridgehead atoms. The molecule has 1 aromatic carbocycles. The predicted octanol–water partition coefficient (Wildman–Crippen LogP) is 4.02. The van der Waals surface area contributed by atoms with Crippen molar-refractivity contribution in [2.45, 2.75) is 30.8 Å². The normalized spacial score (nSPS) is 12.4. The van der Waals surface area contributed by atoms with Gasteiger partial charge in [-0.05, 0) is 35.7 Å². The molecule has 3 aromatic rings. The van der Waals surface area contributed by atoms with Gasteiger partial charge in [0, 0.05) is 30.7 Å². The van der Waals surface area contributed by atoms with Crippen LogP contribution in [0.5, 0.6) is 0 Å². The molecule has 0 saturated heterocycles. The Labute approximate surface area is 171 Å². The van der Waals surface area contributed by atoms with E-state index in [4.69, 9.17) is 5.14 Å². The summed E-state index contributed by atoms with van der Waals surface area (Å²) in [5, 5.41) is 8.28. The number of sulfonamides is 1. The number of rotatable bonds is 5. The SMILES string of the molecule is CC(C)c1c(S(N)(=O)=O)ccc(Nc2cc(C(F)(F)F)ccn2)c1-c1cn(C)cn1.